The van der Waals surface area contributed by atoms with Gasteiger partial charge in [0.1, 0.15) is 0 Å². The molecule has 0 unspecified atom stereocenters. The van der Waals surface area contributed by atoms with Crippen molar-refractivity contribution in [3.05, 3.63) is 64.1 Å². The van der Waals surface area contributed by atoms with Gasteiger partial charge in [-0.15, -0.1) is 0 Å². The van der Waals surface area contributed by atoms with Crippen LogP contribution < -0.4 is 0 Å². The Balaban J connectivity index is 2.03. The molecule has 0 aromatic heterocycles. The maximum Gasteiger partial charge on any atom is 0.308 e. The fourth-order valence-electron chi connectivity index (χ4n) is 3.87. The number of aliphatic carboxylic acids is 1. The minimum absolute atomic E-state index is 0.0352. The monoisotopic (exact) mass is 525 g/mol. The minimum atomic E-state index is -3.86. The molecule has 0 spiro atoms. The average Bonchev–Trinajstić information content (AvgIpc) is 2.73. The molecule has 1 fully saturated rings. The summed E-state index contributed by atoms with van der Waals surface area (Å²) in [5.74, 6) is -0.808. The Morgan fingerprint density at radius 3 is 2.55 bits per heavy atom. The zero-order valence-electron chi connectivity index (χ0n) is 17.7. The second kappa shape index (κ2) is 10.5. The van der Waals surface area contributed by atoms with Gasteiger partial charge in [-0.2, -0.15) is 16.1 Å². The van der Waals surface area contributed by atoms with Gasteiger partial charge in [0.15, 0.2) is 0 Å². The molecule has 5 nitrogen and oxygen atoms in total. The van der Waals surface area contributed by atoms with Crippen molar-refractivity contribution in [3.63, 3.8) is 0 Å². The molecule has 1 aliphatic heterocycles. The minimum Gasteiger partial charge on any atom is -0.481 e. The van der Waals surface area contributed by atoms with Crippen molar-refractivity contribution in [2.45, 2.75) is 49.3 Å². The summed E-state index contributed by atoms with van der Waals surface area (Å²) >= 11 is 5.14. The number of carboxylic acids is 1. The van der Waals surface area contributed by atoms with E-state index in [1.165, 1.54) is 4.31 Å². The molecule has 3 rings (SSSR count). The summed E-state index contributed by atoms with van der Waals surface area (Å²) in [6.45, 7) is 3.98. The summed E-state index contributed by atoms with van der Waals surface area (Å²) in [7, 11) is -3.86. The summed E-state index contributed by atoms with van der Waals surface area (Å²) in [4.78, 5) is 12.3. The quantitative estimate of drug-likeness (QED) is 0.460. The predicted molar refractivity (Wildman–Crippen MR) is 129 cm³/mol. The van der Waals surface area contributed by atoms with Crippen LogP contribution in [0.15, 0.2) is 57.9 Å². The van der Waals surface area contributed by atoms with Crippen LogP contribution in [-0.2, 0) is 14.8 Å². The van der Waals surface area contributed by atoms with E-state index < -0.39 is 28.0 Å². The number of nitrogens with zero attached hydrogens (tertiary/aromatic N) is 1. The molecule has 8 heteroatoms. The molecule has 0 aliphatic carbocycles. The molecule has 168 valence electrons. The van der Waals surface area contributed by atoms with Gasteiger partial charge in [-0.1, -0.05) is 59.1 Å². The third-order valence-corrected chi connectivity index (χ3v) is 9.49. The van der Waals surface area contributed by atoms with Gasteiger partial charge in [-0.25, -0.2) is 8.42 Å². The molecule has 0 saturated carbocycles. The normalized spacial score (nSPS) is 22.4. The van der Waals surface area contributed by atoms with Gasteiger partial charge in [0, 0.05) is 16.3 Å². The summed E-state index contributed by atoms with van der Waals surface area (Å²) in [6.07, 6.45) is 2.52. The lowest BCUT2D eigenvalue weighted by atomic mass is 9.90. The van der Waals surface area contributed by atoms with Crippen LogP contribution >= 0.6 is 27.7 Å². The van der Waals surface area contributed by atoms with Crippen LogP contribution in [0.5, 0.6) is 0 Å². The van der Waals surface area contributed by atoms with Gasteiger partial charge in [0.25, 0.3) is 0 Å². The van der Waals surface area contributed by atoms with E-state index >= 15 is 0 Å². The zero-order valence-corrected chi connectivity index (χ0v) is 20.9. The third-order valence-electron chi connectivity index (χ3n) is 5.64. The summed E-state index contributed by atoms with van der Waals surface area (Å²) in [5, 5.41) is 9.77. The average molecular weight is 527 g/mol. The number of hydrogen-bond donors (Lipinski definition) is 1. The maximum atomic E-state index is 13.6. The van der Waals surface area contributed by atoms with E-state index in [9.17, 15) is 18.3 Å². The van der Waals surface area contributed by atoms with Gasteiger partial charge in [-0.05, 0) is 55.3 Å². The molecule has 0 amide bonds. The molecule has 1 aliphatic rings. The highest BCUT2D eigenvalue weighted by molar-refractivity contribution is 9.10. The Labute approximate surface area is 197 Å². The Bertz CT molecular complexity index is 1010. The number of thioether (sulfide) groups is 1. The molecule has 1 heterocycles. The van der Waals surface area contributed by atoms with E-state index in [0.29, 0.717) is 6.42 Å². The lowest BCUT2D eigenvalue weighted by Gasteiger charge is -2.42. The van der Waals surface area contributed by atoms with Gasteiger partial charge < -0.3 is 5.11 Å². The number of rotatable bonds is 8. The molecule has 31 heavy (non-hydrogen) atoms. The molecule has 3 atom stereocenters. The fourth-order valence-corrected chi connectivity index (χ4v) is 7.45. The van der Waals surface area contributed by atoms with Crippen LogP contribution in [-0.4, -0.2) is 41.3 Å². The number of carbonyl (C=O) groups is 1. The van der Waals surface area contributed by atoms with E-state index in [-0.39, 0.29) is 16.7 Å². The summed E-state index contributed by atoms with van der Waals surface area (Å²) in [5.41, 5.74) is 1.84. The number of aryl methyl sites for hydroxylation is 1. The number of piperidine rings is 1. The van der Waals surface area contributed by atoms with Gasteiger partial charge in [0.2, 0.25) is 10.0 Å². The van der Waals surface area contributed by atoms with Crippen molar-refractivity contribution in [1.29, 1.82) is 0 Å². The Morgan fingerprint density at radius 2 is 1.94 bits per heavy atom. The van der Waals surface area contributed by atoms with E-state index in [4.69, 9.17) is 0 Å². The van der Waals surface area contributed by atoms with Crippen LogP contribution in [0.4, 0.5) is 0 Å². The standard InChI is InChI=1S/C23H28BrNO4S2/c1-3-4-12-30-22-14-21(17-6-5-7-18(24)13-17)25(15-20(22)23(26)27)31(28,29)19-10-8-16(2)9-11-19/h5-11,13,20-22H,3-4,12,14-15H2,1-2H3,(H,26,27)/t20-,21+,22-/m1/s1. The second-order valence-corrected chi connectivity index (χ2v) is 12.1. The molecular formula is C23H28BrNO4S2. The molecular weight excluding hydrogens is 498 g/mol. The lowest BCUT2D eigenvalue weighted by molar-refractivity contribution is -0.143. The van der Waals surface area contributed by atoms with Crippen molar-refractivity contribution >= 4 is 43.7 Å². The lowest BCUT2D eigenvalue weighted by Crippen LogP contribution is -2.49. The number of hydrogen-bond acceptors (Lipinski definition) is 4. The summed E-state index contributed by atoms with van der Waals surface area (Å²) in [6, 6.07) is 13.9. The van der Waals surface area contributed by atoms with Gasteiger partial charge in [-0.3, -0.25) is 4.79 Å². The number of benzene rings is 2. The highest BCUT2D eigenvalue weighted by Crippen LogP contribution is 2.42. The van der Waals surface area contributed by atoms with Gasteiger partial charge >= 0.3 is 5.97 Å². The first-order chi connectivity index (χ1) is 14.7. The highest BCUT2D eigenvalue weighted by atomic mass is 79.9. The van der Waals surface area contributed by atoms with E-state index in [1.807, 2.05) is 31.2 Å². The Morgan fingerprint density at radius 1 is 1.23 bits per heavy atom. The first-order valence-corrected chi connectivity index (χ1v) is 13.7. The van der Waals surface area contributed by atoms with Gasteiger partial charge in [0.05, 0.1) is 16.9 Å². The maximum absolute atomic E-state index is 13.6. The molecule has 1 saturated heterocycles. The van der Waals surface area contributed by atoms with E-state index in [0.717, 1.165) is 34.2 Å². The fraction of sp³-hybridized carbons (Fsp3) is 0.435. The van der Waals surface area contributed by atoms with Crippen molar-refractivity contribution in [1.82, 2.24) is 4.31 Å². The summed E-state index contributed by atoms with van der Waals surface area (Å²) < 4.78 is 29.5. The smallest absolute Gasteiger partial charge is 0.308 e. The zero-order chi connectivity index (χ0) is 22.6. The third kappa shape index (κ3) is 5.72. The van der Waals surface area contributed by atoms with Crippen molar-refractivity contribution in [2.24, 2.45) is 5.92 Å². The number of unbranched alkanes of at least 4 members (excludes halogenated alkanes) is 1. The molecule has 2 aromatic rings. The van der Waals surface area contributed by atoms with Crippen LogP contribution in [0.2, 0.25) is 0 Å². The molecule has 0 radical (unpaired) electrons. The first kappa shape index (κ1) is 24.3. The van der Waals surface area contributed by atoms with Crippen molar-refractivity contribution < 1.29 is 18.3 Å². The van der Waals surface area contributed by atoms with Crippen LogP contribution in [0.3, 0.4) is 0 Å². The SMILES string of the molecule is CCCCS[C@@H]1C[C@@H](c2cccc(Br)c2)N(S(=O)(=O)c2ccc(C)cc2)C[C@H]1C(=O)O. The molecule has 1 N–H and O–H groups in total. The number of halogens is 1. The number of sulfonamides is 1. The predicted octanol–water partition coefficient (Wildman–Crippen LogP) is 5.50. The Kier molecular flexibility index (Phi) is 8.24. The Hall–Kier alpha value is -1.35. The largest absolute Gasteiger partial charge is 0.481 e. The molecule has 0 bridgehead atoms. The van der Waals surface area contributed by atoms with Crippen molar-refractivity contribution in [3.8, 4) is 0 Å². The first-order valence-electron chi connectivity index (χ1n) is 10.4. The van der Waals surface area contributed by atoms with Crippen LogP contribution in [0, 0.1) is 12.8 Å². The van der Waals surface area contributed by atoms with Crippen LogP contribution in [0.25, 0.3) is 0 Å². The van der Waals surface area contributed by atoms with E-state index in [2.05, 4.69) is 22.9 Å². The highest BCUT2D eigenvalue weighted by Gasteiger charge is 2.45. The van der Waals surface area contributed by atoms with E-state index in [1.54, 1.807) is 36.0 Å². The molecule has 2 aromatic carbocycles. The second-order valence-electron chi connectivity index (χ2n) is 7.90. The number of carboxylic acid groups (broad SMARTS) is 1. The topological polar surface area (TPSA) is 74.7 Å². The van der Waals surface area contributed by atoms with Crippen molar-refractivity contribution in [2.75, 3.05) is 12.3 Å². The van der Waals surface area contributed by atoms with Crippen LogP contribution in [0.1, 0.15) is 43.4 Å².